The Morgan fingerprint density at radius 1 is 1.08 bits per heavy atom. The molecule has 0 bridgehead atoms. The van der Waals surface area contributed by atoms with Crippen molar-refractivity contribution < 1.29 is 14.9 Å². The fourth-order valence-electron chi connectivity index (χ4n) is 2.76. The first kappa shape index (κ1) is 14.1. The highest BCUT2D eigenvalue weighted by atomic mass is 16.3. The van der Waals surface area contributed by atoms with E-state index in [2.05, 4.69) is 15.3 Å². The standard InChI is InChI=1S/C18H14N4O2/c19-18-21-14-6-5-12(9-15(14)22-18)20-17(24)13-7-10-3-1-2-4-11(10)8-16(13)23/h1-9,23H,(H,20,24)(H3,19,21,22)/p+1. The number of aromatic amines is 2. The minimum absolute atomic E-state index is 0.0512. The van der Waals surface area contributed by atoms with Crippen molar-refractivity contribution in [2.75, 3.05) is 11.1 Å². The van der Waals surface area contributed by atoms with Gasteiger partial charge in [-0.1, -0.05) is 24.3 Å². The lowest BCUT2D eigenvalue weighted by Gasteiger charge is -2.08. The Labute approximate surface area is 136 Å². The number of phenols is 1. The van der Waals surface area contributed by atoms with Gasteiger partial charge in [-0.15, -0.1) is 0 Å². The number of nitrogen functional groups attached to an aromatic ring is 1. The van der Waals surface area contributed by atoms with Crippen LogP contribution in [0.25, 0.3) is 21.8 Å². The Bertz CT molecular complexity index is 1080. The van der Waals surface area contributed by atoms with Crippen molar-refractivity contribution in [2.24, 2.45) is 0 Å². The molecule has 0 aliphatic carbocycles. The number of amides is 1. The van der Waals surface area contributed by atoms with Crippen LogP contribution in [0.4, 0.5) is 11.6 Å². The van der Waals surface area contributed by atoms with Crippen LogP contribution < -0.4 is 16.0 Å². The largest absolute Gasteiger partial charge is 0.507 e. The number of aromatic hydroxyl groups is 1. The average Bonchev–Trinajstić information content (AvgIpc) is 2.93. The van der Waals surface area contributed by atoms with Crippen molar-refractivity contribution in [3.8, 4) is 5.75 Å². The molecule has 6 nitrogen and oxygen atoms in total. The van der Waals surface area contributed by atoms with Crippen LogP contribution in [0.15, 0.2) is 54.6 Å². The van der Waals surface area contributed by atoms with Crippen molar-refractivity contribution in [2.45, 2.75) is 0 Å². The smallest absolute Gasteiger partial charge is 0.351 e. The van der Waals surface area contributed by atoms with E-state index in [0.29, 0.717) is 11.6 Å². The highest BCUT2D eigenvalue weighted by Crippen LogP contribution is 2.26. The van der Waals surface area contributed by atoms with Crippen LogP contribution in [0.2, 0.25) is 0 Å². The lowest BCUT2D eigenvalue weighted by Crippen LogP contribution is -2.12. The summed E-state index contributed by atoms with van der Waals surface area (Å²) in [5.74, 6) is 0.0199. The number of hydrogen-bond donors (Lipinski definition) is 4. The molecular formula is C18H15N4O2+. The molecule has 0 saturated carbocycles. The Kier molecular flexibility index (Phi) is 3.09. The van der Waals surface area contributed by atoms with Gasteiger partial charge in [-0.25, -0.2) is 9.97 Å². The predicted molar refractivity (Wildman–Crippen MR) is 92.8 cm³/mol. The minimum Gasteiger partial charge on any atom is -0.507 e. The normalized spacial score (nSPS) is 11.0. The molecule has 0 atom stereocenters. The van der Waals surface area contributed by atoms with Crippen LogP contribution in [0, 0.1) is 0 Å². The van der Waals surface area contributed by atoms with E-state index < -0.39 is 0 Å². The molecule has 0 radical (unpaired) electrons. The summed E-state index contributed by atoms with van der Waals surface area (Å²) < 4.78 is 0. The number of imidazole rings is 1. The van der Waals surface area contributed by atoms with E-state index in [-0.39, 0.29) is 17.2 Å². The molecule has 4 aromatic rings. The van der Waals surface area contributed by atoms with E-state index in [1.807, 2.05) is 30.3 Å². The summed E-state index contributed by atoms with van der Waals surface area (Å²) in [7, 11) is 0. The van der Waals surface area contributed by atoms with Crippen molar-refractivity contribution in [1.82, 2.24) is 4.98 Å². The first-order chi connectivity index (χ1) is 11.6. The summed E-state index contributed by atoms with van der Waals surface area (Å²) in [6, 6.07) is 16.2. The van der Waals surface area contributed by atoms with Crippen molar-refractivity contribution in [3.05, 3.63) is 60.2 Å². The first-order valence-electron chi connectivity index (χ1n) is 7.44. The van der Waals surface area contributed by atoms with Gasteiger partial charge in [0.2, 0.25) is 0 Å². The maximum atomic E-state index is 12.5. The Morgan fingerprint density at radius 3 is 2.62 bits per heavy atom. The molecule has 0 unspecified atom stereocenters. The lowest BCUT2D eigenvalue weighted by atomic mass is 10.1. The lowest BCUT2D eigenvalue weighted by molar-refractivity contribution is -0.325. The molecule has 1 heterocycles. The molecule has 118 valence electrons. The van der Waals surface area contributed by atoms with Gasteiger partial charge in [-0.05, 0) is 35.0 Å². The van der Waals surface area contributed by atoms with Crippen LogP contribution in [-0.2, 0) is 0 Å². The topological polar surface area (TPSA) is 105 Å². The highest BCUT2D eigenvalue weighted by molar-refractivity contribution is 6.09. The molecule has 1 aromatic heterocycles. The molecule has 1 amide bonds. The zero-order chi connectivity index (χ0) is 16.7. The highest BCUT2D eigenvalue weighted by Gasteiger charge is 2.14. The second-order valence-corrected chi connectivity index (χ2v) is 5.59. The average molecular weight is 319 g/mol. The summed E-state index contributed by atoms with van der Waals surface area (Å²) in [6.07, 6.45) is 0. The van der Waals surface area contributed by atoms with Gasteiger partial charge in [0.05, 0.1) is 5.56 Å². The number of carbonyl (C=O) groups is 1. The fourth-order valence-corrected chi connectivity index (χ4v) is 2.76. The van der Waals surface area contributed by atoms with Crippen LogP contribution in [0.3, 0.4) is 0 Å². The number of rotatable bonds is 2. The first-order valence-corrected chi connectivity index (χ1v) is 7.44. The maximum Gasteiger partial charge on any atom is 0.351 e. The molecule has 6 heteroatoms. The number of carbonyl (C=O) groups excluding carboxylic acids is 1. The molecule has 4 rings (SSSR count). The van der Waals surface area contributed by atoms with Gasteiger partial charge in [0.1, 0.15) is 16.8 Å². The van der Waals surface area contributed by atoms with Gasteiger partial charge in [0.25, 0.3) is 5.91 Å². The van der Waals surface area contributed by atoms with Crippen molar-refractivity contribution >= 4 is 39.3 Å². The van der Waals surface area contributed by atoms with Gasteiger partial charge in [-0.2, -0.15) is 0 Å². The summed E-state index contributed by atoms with van der Waals surface area (Å²) in [5.41, 5.74) is 8.14. The number of nitrogens with one attached hydrogen (secondary N) is 3. The van der Waals surface area contributed by atoms with Crippen molar-refractivity contribution in [1.29, 1.82) is 0 Å². The van der Waals surface area contributed by atoms with E-state index >= 15 is 0 Å². The predicted octanol–water partition coefficient (Wildman–Crippen LogP) is 2.68. The van der Waals surface area contributed by atoms with Gasteiger partial charge in [0, 0.05) is 11.8 Å². The van der Waals surface area contributed by atoms with Gasteiger partial charge >= 0.3 is 5.95 Å². The summed E-state index contributed by atoms with van der Waals surface area (Å²) in [4.78, 5) is 18.4. The fraction of sp³-hybridized carbons (Fsp3) is 0. The number of H-pyrrole nitrogens is 2. The number of phenolic OH excluding ortho intramolecular Hbond substituents is 1. The Hall–Kier alpha value is -3.54. The monoisotopic (exact) mass is 319 g/mol. The number of fused-ring (bicyclic) bond motifs is 2. The van der Waals surface area contributed by atoms with E-state index in [4.69, 9.17) is 5.73 Å². The molecule has 0 aliphatic heterocycles. The zero-order valence-corrected chi connectivity index (χ0v) is 12.6. The number of anilines is 2. The van der Waals surface area contributed by atoms with Crippen LogP contribution >= 0.6 is 0 Å². The summed E-state index contributed by atoms with van der Waals surface area (Å²) in [6.45, 7) is 0. The van der Waals surface area contributed by atoms with Gasteiger partial charge < -0.3 is 10.4 Å². The van der Waals surface area contributed by atoms with E-state index in [1.165, 1.54) is 0 Å². The third kappa shape index (κ3) is 2.40. The van der Waals surface area contributed by atoms with E-state index in [9.17, 15) is 9.90 Å². The molecule has 0 fully saturated rings. The van der Waals surface area contributed by atoms with Crippen LogP contribution in [0.5, 0.6) is 5.75 Å². The zero-order valence-electron chi connectivity index (χ0n) is 12.6. The third-order valence-electron chi connectivity index (χ3n) is 3.92. The molecule has 24 heavy (non-hydrogen) atoms. The second-order valence-electron chi connectivity index (χ2n) is 5.59. The Morgan fingerprint density at radius 2 is 1.83 bits per heavy atom. The van der Waals surface area contributed by atoms with E-state index in [0.717, 1.165) is 21.8 Å². The van der Waals surface area contributed by atoms with Crippen molar-refractivity contribution in [3.63, 3.8) is 0 Å². The maximum absolute atomic E-state index is 12.5. The molecule has 0 aliphatic rings. The SMILES string of the molecule is Nc1[nH]c2cc(NC(=O)c3cc4ccccc4cc3O)ccc2[nH+]1. The summed E-state index contributed by atoms with van der Waals surface area (Å²) >= 11 is 0. The number of benzene rings is 3. The molecule has 6 N–H and O–H groups in total. The molecule has 3 aromatic carbocycles. The second kappa shape index (κ2) is 5.27. The third-order valence-corrected chi connectivity index (χ3v) is 3.92. The number of aromatic nitrogens is 2. The van der Waals surface area contributed by atoms with Crippen LogP contribution in [0.1, 0.15) is 10.4 Å². The van der Waals surface area contributed by atoms with Gasteiger partial charge in [-0.3, -0.25) is 10.5 Å². The minimum atomic E-state index is -0.374. The number of hydrogen-bond acceptors (Lipinski definition) is 3. The quantitative estimate of drug-likeness (QED) is 0.456. The molecular weight excluding hydrogens is 304 g/mol. The Balaban J connectivity index is 1.68. The van der Waals surface area contributed by atoms with Crippen LogP contribution in [-0.4, -0.2) is 16.0 Å². The molecule has 0 spiro atoms. The summed E-state index contributed by atoms with van der Waals surface area (Å²) in [5, 5.41) is 14.7. The van der Waals surface area contributed by atoms with Gasteiger partial charge in [0.15, 0.2) is 0 Å². The van der Waals surface area contributed by atoms with E-state index in [1.54, 1.807) is 24.3 Å². The molecule has 0 saturated heterocycles. The number of nitrogens with two attached hydrogens (primary N) is 1.